The predicted molar refractivity (Wildman–Crippen MR) is 21.2 cm³/mol. The van der Waals surface area contributed by atoms with Gasteiger partial charge in [0.15, 0.2) is 0 Å². The molecule has 0 rings (SSSR count). The van der Waals surface area contributed by atoms with Gasteiger partial charge in [-0.1, -0.05) is 0 Å². The molecule has 0 atom stereocenters. The second-order valence-electron chi connectivity index (χ2n) is 0.476. The first-order chi connectivity index (χ1) is 3.46. The minimum atomic E-state index is -1.50. The normalized spacial score (nSPS) is 4.80. The van der Waals surface area contributed by atoms with Gasteiger partial charge in [-0.15, -0.1) is 20.2 Å². The first kappa shape index (κ1) is 23.2. The Morgan fingerprint density at radius 1 is 1.00 bits per heavy atom. The molecular weight excluding hydrogens is 195 g/mol. The van der Waals surface area contributed by atoms with Crippen molar-refractivity contribution in [3.8, 4) is 0 Å². The molecule has 0 saturated carbocycles. The Labute approximate surface area is 64.3 Å². The topological polar surface area (TPSA) is 158 Å². The molecule has 10 heavy (non-hydrogen) atoms. The molecule has 9 nitrogen and oxygen atoms in total. The van der Waals surface area contributed by atoms with Gasteiger partial charge in [-0.3, -0.25) is 0 Å². The molecule has 61 valence electrons. The van der Waals surface area contributed by atoms with Crippen molar-refractivity contribution >= 4 is 0 Å². The van der Waals surface area contributed by atoms with Crippen molar-refractivity contribution in [2.45, 2.75) is 0 Å². The van der Waals surface area contributed by atoms with E-state index in [9.17, 15) is 0 Å². The molecule has 0 unspecified atom stereocenters. The van der Waals surface area contributed by atoms with E-state index in [4.69, 9.17) is 30.6 Å². The zero-order valence-corrected chi connectivity index (χ0v) is 5.48. The van der Waals surface area contributed by atoms with Crippen LogP contribution in [0.2, 0.25) is 0 Å². The summed E-state index contributed by atoms with van der Waals surface area (Å²) in [5.74, 6) is 0. The van der Waals surface area contributed by atoms with Crippen LogP contribution in [0.1, 0.15) is 0 Å². The molecule has 0 aliphatic heterocycles. The molecule has 0 aromatic rings. The van der Waals surface area contributed by atoms with Crippen LogP contribution in [-0.2, 0) is 17.1 Å². The summed E-state index contributed by atoms with van der Waals surface area (Å²) < 4.78 is 0. The van der Waals surface area contributed by atoms with E-state index in [0.29, 0.717) is 0 Å². The average molecular weight is 199 g/mol. The molecular formula is H4MnN2O7+2. The van der Waals surface area contributed by atoms with Gasteiger partial charge in [-0.05, 0) is 0 Å². The van der Waals surface area contributed by atoms with E-state index in [2.05, 4.69) is 0 Å². The van der Waals surface area contributed by atoms with Crippen LogP contribution in [-0.4, -0.2) is 26.1 Å². The van der Waals surface area contributed by atoms with E-state index >= 15 is 0 Å². The van der Waals surface area contributed by atoms with Crippen molar-refractivity contribution in [2.24, 2.45) is 0 Å². The second-order valence-corrected chi connectivity index (χ2v) is 0.476. The van der Waals surface area contributed by atoms with E-state index in [1.807, 2.05) is 0 Å². The molecule has 0 amide bonds. The maximum absolute atomic E-state index is 8.36. The molecule has 0 bridgehead atoms. The fraction of sp³-hybridized carbons (Fsp3) is 0. The molecule has 0 spiro atoms. The average Bonchev–Trinajstić information content (AvgIpc) is 1.25. The maximum Gasteiger partial charge on any atom is 2.00 e. The van der Waals surface area contributed by atoms with E-state index < -0.39 is 10.2 Å². The summed E-state index contributed by atoms with van der Waals surface area (Å²) in [6, 6.07) is 0. The van der Waals surface area contributed by atoms with Gasteiger partial charge in [0.2, 0.25) is 0 Å². The summed E-state index contributed by atoms with van der Waals surface area (Å²) in [7, 11) is 0. The van der Waals surface area contributed by atoms with Crippen LogP contribution in [0.3, 0.4) is 0 Å². The van der Waals surface area contributed by atoms with Crippen molar-refractivity contribution in [1.82, 2.24) is 0 Å². The summed E-state index contributed by atoms with van der Waals surface area (Å²) in [5.41, 5.74) is 0. The number of hydrogen-bond donors (Lipinski definition) is 2. The third-order valence-electron chi connectivity index (χ3n) is 0. The van der Waals surface area contributed by atoms with Gasteiger partial charge in [0.25, 0.3) is 10.2 Å². The van der Waals surface area contributed by atoms with Crippen LogP contribution in [0.4, 0.5) is 0 Å². The fourth-order valence-electron chi connectivity index (χ4n) is 0. The molecule has 0 aliphatic carbocycles. The largest absolute Gasteiger partial charge is 2.00 e. The SMILES string of the molecule is O.O=[N+]([O-])O.O=[N+]([O-])O.[Mn+2]. The Bertz CT molecular complexity index is 69.6. The van der Waals surface area contributed by atoms with Gasteiger partial charge in [-0.2, -0.15) is 0 Å². The van der Waals surface area contributed by atoms with Gasteiger partial charge in [-0.25, -0.2) is 0 Å². The van der Waals surface area contributed by atoms with Gasteiger partial charge in [0.1, 0.15) is 0 Å². The van der Waals surface area contributed by atoms with Crippen LogP contribution in [0.25, 0.3) is 0 Å². The van der Waals surface area contributed by atoms with Crippen molar-refractivity contribution in [1.29, 1.82) is 0 Å². The van der Waals surface area contributed by atoms with Crippen molar-refractivity contribution < 1.29 is 43.1 Å². The van der Waals surface area contributed by atoms with Crippen LogP contribution < -0.4 is 0 Å². The van der Waals surface area contributed by atoms with Crippen molar-refractivity contribution in [2.75, 3.05) is 0 Å². The molecule has 10 heteroatoms. The predicted octanol–water partition coefficient (Wildman–Crippen LogP) is -1.52. The zero-order valence-electron chi connectivity index (χ0n) is 4.30. The first-order valence-corrected chi connectivity index (χ1v) is 1.13. The monoisotopic (exact) mass is 199 g/mol. The smallest absolute Gasteiger partial charge is 0.412 e. The van der Waals surface area contributed by atoms with E-state index in [-0.39, 0.29) is 22.5 Å². The molecule has 0 fully saturated rings. The van der Waals surface area contributed by atoms with E-state index in [1.165, 1.54) is 0 Å². The molecule has 0 saturated heterocycles. The van der Waals surface area contributed by atoms with Gasteiger partial charge in [0, 0.05) is 0 Å². The minimum Gasteiger partial charge on any atom is -0.412 e. The number of nitrogens with zero attached hydrogens (tertiary/aromatic N) is 2. The molecule has 1 radical (unpaired) electrons. The summed E-state index contributed by atoms with van der Waals surface area (Å²) in [6.07, 6.45) is 0. The standard InChI is InChI=1S/Mn.2HNO3.H2O/c;2*2-1(3)4;/h;2*(H,2,3,4);1H2/q+2;;;. The molecule has 0 aliphatic rings. The van der Waals surface area contributed by atoms with Crippen molar-refractivity contribution in [3.05, 3.63) is 20.2 Å². The van der Waals surface area contributed by atoms with E-state index in [0.717, 1.165) is 0 Å². The Hall–Kier alpha value is -1.12. The summed E-state index contributed by atoms with van der Waals surface area (Å²) in [4.78, 5) is 16.7. The van der Waals surface area contributed by atoms with Gasteiger partial charge < -0.3 is 15.9 Å². The van der Waals surface area contributed by atoms with Crippen molar-refractivity contribution in [3.63, 3.8) is 0 Å². The third-order valence-corrected chi connectivity index (χ3v) is 0. The zero-order chi connectivity index (χ0) is 7.15. The summed E-state index contributed by atoms with van der Waals surface area (Å²) in [6.45, 7) is 0. The summed E-state index contributed by atoms with van der Waals surface area (Å²) >= 11 is 0. The van der Waals surface area contributed by atoms with Crippen LogP contribution >= 0.6 is 0 Å². The fourth-order valence-corrected chi connectivity index (χ4v) is 0. The van der Waals surface area contributed by atoms with Gasteiger partial charge in [0.05, 0.1) is 0 Å². The van der Waals surface area contributed by atoms with Crippen LogP contribution in [0, 0.1) is 20.2 Å². The summed E-state index contributed by atoms with van der Waals surface area (Å²) in [5, 5.41) is 27.3. The Balaban J connectivity index is -0.0000000300. The Morgan fingerprint density at radius 2 is 1.00 bits per heavy atom. The number of hydrogen-bond acceptors (Lipinski definition) is 4. The Kier molecular flexibility index (Phi) is 36.3. The van der Waals surface area contributed by atoms with Crippen LogP contribution in [0.15, 0.2) is 0 Å². The third kappa shape index (κ3) is 189. The quantitative estimate of drug-likeness (QED) is 0.273. The first-order valence-electron chi connectivity index (χ1n) is 1.13. The Morgan fingerprint density at radius 3 is 1.00 bits per heavy atom. The molecule has 0 heterocycles. The molecule has 0 aromatic heterocycles. The van der Waals surface area contributed by atoms with Crippen LogP contribution in [0.5, 0.6) is 0 Å². The number of rotatable bonds is 0. The maximum atomic E-state index is 8.36. The minimum absolute atomic E-state index is 0. The molecule has 0 aromatic carbocycles. The second kappa shape index (κ2) is 15.7. The molecule has 4 N–H and O–H groups in total. The van der Waals surface area contributed by atoms with E-state index in [1.54, 1.807) is 0 Å². The van der Waals surface area contributed by atoms with Gasteiger partial charge >= 0.3 is 17.1 Å².